The number of allylic oxidation sites excluding steroid dienone is 2. The molecule has 2 atom stereocenters. The van der Waals surface area contributed by atoms with Crippen LogP contribution in [0.5, 0.6) is 11.5 Å². The Kier molecular flexibility index (Phi) is 4.93. The highest BCUT2D eigenvalue weighted by atomic mass is 16.5. The first-order valence-electron chi connectivity index (χ1n) is 8.63. The number of benzene rings is 2. The summed E-state index contributed by atoms with van der Waals surface area (Å²) in [7, 11) is 0. The van der Waals surface area contributed by atoms with Gasteiger partial charge >= 0.3 is 5.97 Å². The highest BCUT2D eigenvalue weighted by molar-refractivity contribution is 5.78. The lowest BCUT2D eigenvalue weighted by Crippen LogP contribution is -2.10. The minimum atomic E-state index is -0.123. The predicted molar refractivity (Wildman–Crippen MR) is 98.3 cm³/mol. The van der Waals surface area contributed by atoms with E-state index < -0.39 is 0 Å². The van der Waals surface area contributed by atoms with Crippen molar-refractivity contribution >= 4 is 5.97 Å². The Bertz CT molecular complexity index is 762. The fourth-order valence-electron chi connectivity index (χ4n) is 3.26. The number of hydrogen-bond donors (Lipinski definition) is 0. The molecule has 1 saturated carbocycles. The average Bonchev–Trinajstić information content (AvgIpc) is 3.15. The van der Waals surface area contributed by atoms with Crippen molar-refractivity contribution in [3.63, 3.8) is 0 Å². The molecule has 0 aliphatic heterocycles. The van der Waals surface area contributed by atoms with Gasteiger partial charge in [-0.2, -0.15) is 0 Å². The number of rotatable bonds is 6. The molecule has 0 heterocycles. The van der Waals surface area contributed by atoms with Crippen LogP contribution in [-0.2, 0) is 16.1 Å². The van der Waals surface area contributed by atoms with Crippen LogP contribution < -0.4 is 4.74 Å². The molecule has 1 fully saturated rings. The Balaban J connectivity index is 1.59. The molecule has 130 valence electrons. The van der Waals surface area contributed by atoms with Crippen LogP contribution in [0.25, 0.3) is 0 Å². The third kappa shape index (κ3) is 3.93. The molecule has 0 aromatic heterocycles. The second-order valence-electron chi connectivity index (χ2n) is 7.02. The average molecular weight is 336 g/mol. The molecule has 0 saturated heterocycles. The van der Waals surface area contributed by atoms with Crippen molar-refractivity contribution in [1.29, 1.82) is 0 Å². The summed E-state index contributed by atoms with van der Waals surface area (Å²) in [6.45, 7) is 6.46. The molecule has 2 aromatic carbocycles. The number of para-hydroxylation sites is 1. The Labute approximate surface area is 149 Å². The van der Waals surface area contributed by atoms with Crippen LogP contribution in [0.4, 0.5) is 0 Å². The highest BCUT2D eigenvalue weighted by Crippen LogP contribution is 2.59. The standard InChI is InChI=1S/C22H24O3/c1-4-9-19-20(22(19,2)3)21(23)24-15-16-10-8-13-18(14-16)25-17-11-6-5-7-12-17/h4-14,19-20H,15H2,1-3H3/b9-4+. The predicted octanol–water partition coefficient (Wildman–Crippen LogP) is 5.37. The van der Waals surface area contributed by atoms with Crippen LogP contribution in [0, 0.1) is 17.3 Å². The molecule has 0 amide bonds. The molecule has 25 heavy (non-hydrogen) atoms. The summed E-state index contributed by atoms with van der Waals surface area (Å²) in [6.07, 6.45) is 4.10. The third-order valence-corrected chi connectivity index (χ3v) is 4.82. The zero-order chi connectivity index (χ0) is 17.9. The van der Waals surface area contributed by atoms with E-state index in [0.29, 0.717) is 0 Å². The zero-order valence-electron chi connectivity index (χ0n) is 14.9. The summed E-state index contributed by atoms with van der Waals surface area (Å²) in [5, 5.41) is 0. The van der Waals surface area contributed by atoms with Gasteiger partial charge in [0.2, 0.25) is 0 Å². The lowest BCUT2D eigenvalue weighted by molar-refractivity contribution is -0.147. The summed E-state index contributed by atoms with van der Waals surface area (Å²) in [6, 6.07) is 17.3. The van der Waals surface area contributed by atoms with Gasteiger partial charge in [0.1, 0.15) is 18.1 Å². The highest BCUT2D eigenvalue weighted by Gasteiger charge is 2.61. The fourth-order valence-corrected chi connectivity index (χ4v) is 3.26. The fraction of sp³-hybridized carbons (Fsp3) is 0.318. The van der Waals surface area contributed by atoms with Gasteiger partial charge in [-0.25, -0.2) is 0 Å². The summed E-state index contributed by atoms with van der Waals surface area (Å²) in [4.78, 5) is 12.4. The number of hydrogen-bond acceptors (Lipinski definition) is 3. The number of esters is 1. The normalized spacial score (nSPS) is 21.1. The lowest BCUT2D eigenvalue weighted by atomic mass is 10.1. The molecular formula is C22H24O3. The van der Waals surface area contributed by atoms with E-state index in [1.54, 1.807) is 0 Å². The summed E-state index contributed by atoms with van der Waals surface area (Å²) in [5.41, 5.74) is 0.907. The SMILES string of the molecule is C/C=C/C1C(C(=O)OCc2cccc(Oc3ccccc3)c2)C1(C)C. The van der Waals surface area contributed by atoms with E-state index in [2.05, 4.69) is 19.9 Å². The van der Waals surface area contributed by atoms with E-state index >= 15 is 0 Å². The van der Waals surface area contributed by atoms with Gasteiger partial charge < -0.3 is 9.47 Å². The topological polar surface area (TPSA) is 35.5 Å². The van der Waals surface area contributed by atoms with Gasteiger partial charge in [-0.1, -0.05) is 56.3 Å². The zero-order valence-corrected chi connectivity index (χ0v) is 14.9. The maximum atomic E-state index is 12.4. The largest absolute Gasteiger partial charge is 0.461 e. The van der Waals surface area contributed by atoms with Crippen molar-refractivity contribution in [2.75, 3.05) is 0 Å². The molecule has 3 heteroatoms. The van der Waals surface area contributed by atoms with Crippen LogP contribution >= 0.6 is 0 Å². The molecule has 1 aliphatic rings. The van der Waals surface area contributed by atoms with E-state index in [9.17, 15) is 4.79 Å². The minimum Gasteiger partial charge on any atom is -0.461 e. The maximum Gasteiger partial charge on any atom is 0.310 e. The smallest absolute Gasteiger partial charge is 0.310 e. The Hall–Kier alpha value is -2.55. The third-order valence-electron chi connectivity index (χ3n) is 4.82. The monoisotopic (exact) mass is 336 g/mol. The van der Waals surface area contributed by atoms with Gasteiger partial charge in [0, 0.05) is 0 Å². The van der Waals surface area contributed by atoms with Gasteiger partial charge in [-0.15, -0.1) is 0 Å². The van der Waals surface area contributed by atoms with E-state index in [4.69, 9.17) is 9.47 Å². The van der Waals surface area contributed by atoms with Crippen LogP contribution in [0.2, 0.25) is 0 Å². The van der Waals surface area contributed by atoms with Crippen molar-refractivity contribution in [1.82, 2.24) is 0 Å². The van der Waals surface area contributed by atoms with Crippen molar-refractivity contribution < 1.29 is 14.3 Å². The number of ether oxygens (including phenoxy) is 2. The first kappa shape index (κ1) is 17.3. The van der Waals surface area contributed by atoms with Crippen LogP contribution in [0.15, 0.2) is 66.7 Å². The maximum absolute atomic E-state index is 12.4. The van der Waals surface area contributed by atoms with Gasteiger partial charge in [0.05, 0.1) is 5.92 Å². The van der Waals surface area contributed by atoms with Crippen LogP contribution in [0.1, 0.15) is 26.3 Å². The van der Waals surface area contributed by atoms with E-state index in [1.807, 2.05) is 67.6 Å². The summed E-state index contributed by atoms with van der Waals surface area (Å²) < 4.78 is 11.4. The van der Waals surface area contributed by atoms with Gasteiger partial charge in [-0.3, -0.25) is 4.79 Å². The molecule has 0 radical (unpaired) electrons. The quantitative estimate of drug-likeness (QED) is 0.525. The molecule has 0 spiro atoms. The number of carbonyl (C=O) groups is 1. The molecule has 3 rings (SSSR count). The lowest BCUT2D eigenvalue weighted by Gasteiger charge is -2.09. The molecular weight excluding hydrogens is 312 g/mol. The Morgan fingerprint density at radius 2 is 1.80 bits per heavy atom. The van der Waals surface area contributed by atoms with Gasteiger partial charge in [0.15, 0.2) is 0 Å². The summed E-state index contributed by atoms with van der Waals surface area (Å²) in [5.74, 6) is 1.62. The Morgan fingerprint density at radius 3 is 2.52 bits per heavy atom. The minimum absolute atomic E-state index is 0.0120. The second-order valence-corrected chi connectivity index (χ2v) is 7.02. The molecule has 0 N–H and O–H groups in total. The molecule has 2 unspecified atom stereocenters. The second kappa shape index (κ2) is 7.14. The van der Waals surface area contributed by atoms with Crippen molar-refractivity contribution in [3.8, 4) is 11.5 Å². The van der Waals surface area contributed by atoms with E-state index in [0.717, 1.165) is 17.1 Å². The molecule has 2 aromatic rings. The van der Waals surface area contributed by atoms with Crippen molar-refractivity contribution in [2.24, 2.45) is 17.3 Å². The summed E-state index contributed by atoms with van der Waals surface area (Å²) >= 11 is 0. The first-order valence-corrected chi connectivity index (χ1v) is 8.63. The van der Waals surface area contributed by atoms with Crippen molar-refractivity contribution in [3.05, 3.63) is 72.3 Å². The van der Waals surface area contributed by atoms with Crippen molar-refractivity contribution in [2.45, 2.75) is 27.4 Å². The van der Waals surface area contributed by atoms with Crippen LogP contribution in [0.3, 0.4) is 0 Å². The Morgan fingerprint density at radius 1 is 1.08 bits per heavy atom. The molecule has 0 bridgehead atoms. The van der Waals surface area contributed by atoms with E-state index in [-0.39, 0.29) is 29.8 Å². The molecule has 1 aliphatic carbocycles. The number of carbonyl (C=O) groups excluding carboxylic acids is 1. The molecule has 3 nitrogen and oxygen atoms in total. The van der Waals surface area contributed by atoms with Crippen LogP contribution in [-0.4, -0.2) is 5.97 Å². The first-order chi connectivity index (χ1) is 12.0. The van der Waals surface area contributed by atoms with Gasteiger partial charge in [-0.05, 0) is 48.1 Å². The van der Waals surface area contributed by atoms with Gasteiger partial charge in [0.25, 0.3) is 0 Å². The van der Waals surface area contributed by atoms with E-state index in [1.165, 1.54) is 0 Å².